The maximum Gasteiger partial charge on any atom is 0.233 e. The number of piperidine rings is 1. The second kappa shape index (κ2) is 6.34. The molecule has 2 heterocycles. The van der Waals surface area contributed by atoms with Gasteiger partial charge in [0.2, 0.25) is 11.9 Å². The lowest BCUT2D eigenvalue weighted by atomic mass is 9.78. The zero-order chi connectivity index (χ0) is 15.8. The van der Waals surface area contributed by atoms with Crippen LogP contribution in [0.1, 0.15) is 57.4 Å². The number of nitrogens with two attached hydrogens (primary N) is 1. The lowest BCUT2D eigenvalue weighted by Crippen LogP contribution is -2.50. The Labute approximate surface area is 141 Å². The molecule has 3 fully saturated rings. The molecule has 1 aromatic heterocycles. The molecular formula is C16H25N5OS. The van der Waals surface area contributed by atoms with Crippen LogP contribution in [0.15, 0.2) is 5.16 Å². The SMILES string of the molecule is Nc1nnc(SCC(=O)N2CCCC3CCCCC32)n1C1CC1. The molecule has 7 heteroatoms. The zero-order valence-electron chi connectivity index (χ0n) is 13.5. The maximum absolute atomic E-state index is 12.7. The van der Waals surface area contributed by atoms with Crippen molar-refractivity contribution in [2.24, 2.45) is 5.92 Å². The molecule has 1 amide bonds. The van der Waals surface area contributed by atoms with Crippen LogP contribution >= 0.6 is 11.8 Å². The minimum atomic E-state index is 0.260. The normalized spacial score (nSPS) is 27.7. The molecule has 0 radical (unpaired) electrons. The molecule has 23 heavy (non-hydrogen) atoms. The minimum absolute atomic E-state index is 0.260. The number of anilines is 1. The van der Waals surface area contributed by atoms with Crippen molar-refractivity contribution in [3.8, 4) is 0 Å². The van der Waals surface area contributed by atoms with E-state index >= 15 is 0 Å². The lowest BCUT2D eigenvalue weighted by molar-refractivity contribution is -0.134. The lowest BCUT2D eigenvalue weighted by Gasteiger charge is -2.44. The van der Waals surface area contributed by atoms with Gasteiger partial charge in [0.25, 0.3) is 0 Å². The smallest absolute Gasteiger partial charge is 0.233 e. The van der Waals surface area contributed by atoms with Crippen molar-refractivity contribution >= 4 is 23.6 Å². The van der Waals surface area contributed by atoms with Crippen LogP contribution in [0, 0.1) is 5.92 Å². The van der Waals surface area contributed by atoms with E-state index < -0.39 is 0 Å². The molecule has 1 aliphatic heterocycles. The van der Waals surface area contributed by atoms with Crippen molar-refractivity contribution in [1.29, 1.82) is 0 Å². The van der Waals surface area contributed by atoms with E-state index in [0.717, 1.165) is 36.9 Å². The van der Waals surface area contributed by atoms with Gasteiger partial charge in [-0.15, -0.1) is 10.2 Å². The fourth-order valence-electron chi connectivity index (χ4n) is 4.21. The highest BCUT2D eigenvalue weighted by Crippen LogP contribution is 2.40. The van der Waals surface area contributed by atoms with Gasteiger partial charge in [-0.2, -0.15) is 0 Å². The summed E-state index contributed by atoms with van der Waals surface area (Å²) in [5.74, 6) is 1.93. The molecule has 1 aromatic rings. The molecule has 6 nitrogen and oxygen atoms in total. The number of thioether (sulfide) groups is 1. The number of carbonyl (C=O) groups excluding carboxylic acids is 1. The Hall–Kier alpha value is -1.24. The molecule has 1 saturated heterocycles. The van der Waals surface area contributed by atoms with Crippen molar-refractivity contribution in [2.45, 2.75) is 68.6 Å². The number of aromatic nitrogens is 3. The first-order valence-electron chi connectivity index (χ1n) is 8.86. The van der Waals surface area contributed by atoms with Gasteiger partial charge in [-0.25, -0.2) is 0 Å². The van der Waals surface area contributed by atoms with Crippen molar-refractivity contribution in [2.75, 3.05) is 18.0 Å². The first-order chi connectivity index (χ1) is 11.2. The van der Waals surface area contributed by atoms with E-state index in [9.17, 15) is 4.79 Å². The zero-order valence-corrected chi connectivity index (χ0v) is 14.3. The summed E-state index contributed by atoms with van der Waals surface area (Å²) in [6.07, 6.45) is 9.82. The number of nitrogen functional groups attached to an aromatic ring is 1. The first-order valence-corrected chi connectivity index (χ1v) is 9.85. The molecule has 2 aliphatic carbocycles. The van der Waals surface area contributed by atoms with Gasteiger partial charge in [0.15, 0.2) is 5.16 Å². The van der Waals surface area contributed by atoms with Gasteiger partial charge in [-0.3, -0.25) is 9.36 Å². The summed E-state index contributed by atoms with van der Waals surface area (Å²) < 4.78 is 2.00. The quantitative estimate of drug-likeness (QED) is 0.855. The maximum atomic E-state index is 12.7. The number of hydrogen-bond donors (Lipinski definition) is 1. The van der Waals surface area contributed by atoms with Crippen LogP contribution in [-0.2, 0) is 4.79 Å². The fraction of sp³-hybridized carbons (Fsp3) is 0.812. The summed E-state index contributed by atoms with van der Waals surface area (Å²) in [4.78, 5) is 14.9. The molecule has 0 bridgehead atoms. The third-order valence-electron chi connectivity index (χ3n) is 5.49. The molecule has 0 aromatic carbocycles. The van der Waals surface area contributed by atoms with Crippen LogP contribution < -0.4 is 5.73 Å². The van der Waals surface area contributed by atoms with Gasteiger partial charge in [0.05, 0.1) is 5.75 Å². The monoisotopic (exact) mass is 335 g/mol. The van der Waals surface area contributed by atoms with Crippen LogP contribution in [0.5, 0.6) is 0 Å². The van der Waals surface area contributed by atoms with Gasteiger partial charge in [-0.05, 0) is 44.4 Å². The highest BCUT2D eigenvalue weighted by Gasteiger charge is 2.36. The second-order valence-electron chi connectivity index (χ2n) is 7.07. The van der Waals surface area contributed by atoms with Gasteiger partial charge >= 0.3 is 0 Å². The predicted octanol–water partition coefficient (Wildman–Crippen LogP) is 2.47. The van der Waals surface area contributed by atoms with E-state index in [0.29, 0.717) is 23.8 Å². The summed E-state index contributed by atoms with van der Waals surface area (Å²) in [7, 11) is 0. The molecule has 2 atom stereocenters. The van der Waals surface area contributed by atoms with Gasteiger partial charge in [-0.1, -0.05) is 24.6 Å². The standard InChI is InChI=1S/C16H25N5OS/c17-15-18-19-16(21(15)12-7-8-12)23-10-14(22)20-9-3-5-11-4-1-2-6-13(11)20/h11-13H,1-10H2,(H2,17,18). The Morgan fingerprint density at radius 3 is 2.74 bits per heavy atom. The topological polar surface area (TPSA) is 77.0 Å². The minimum Gasteiger partial charge on any atom is -0.368 e. The largest absolute Gasteiger partial charge is 0.368 e. The molecule has 2 N–H and O–H groups in total. The number of amides is 1. The van der Waals surface area contributed by atoms with Crippen molar-refractivity contribution < 1.29 is 4.79 Å². The number of nitrogens with zero attached hydrogens (tertiary/aromatic N) is 4. The molecule has 4 rings (SSSR count). The van der Waals surface area contributed by atoms with Crippen molar-refractivity contribution in [3.63, 3.8) is 0 Å². The molecule has 126 valence electrons. The molecule has 2 unspecified atom stereocenters. The molecular weight excluding hydrogens is 310 g/mol. The van der Waals surface area contributed by atoms with E-state index in [1.807, 2.05) is 4.57 Å². The van der Waals surface area contributed by atoms with E-state index in [-0.39, 0.29) is 5.91 Å². The van der Waals surface area contributed by atoms with Gasteiger partial charge in [0.1, 0.15) is 0 Å². The number of fused-ring (bicyclic) bond motifs is 1. The number of hydrogen-bond acceptors (Lipinski definition) is 5. The third kappa shape index (κ3) is 3.07. The van der Waals surface area contributed by atoms with Crippen molar-refractivity contribution in [3.05, 3.63) is 0 Å². The Bertz CT molecular complexity index is 583. The highest BCUT2D eigenvalue weighted by atomic mass is 32.2. The van der Waals surface area contributed by atoms with E-state index in [4.69, 9.17) is 5.73 Å². The second-order valence-corrected chi connectivity index (χ2v) is 8.01. The predicted molar refractivity (Wildman–Crippen MR) is 90.1 cm³/mol. The number of carbonyl (C=O) groups is 1. The summed E-state index contributed by atoms with van der Waals surface area (Å²) in [5, 5.41) is 8.94. The molecule has 0 spiro atoms. The average molecular weight is 335 g/mol. The summed E-state index contributed by atoms with van der Waals surface area (Å²) in [6.45, 7) is 0.929. The van der Waals surface area contributed by atoms with Crippen molar-refractivity contribution in [1.82, 2.24) is 19.7 Å². The van der Waals surface area contributed by atoms with Crippen LogP contribution in [0.4, 0.5) is 5.95 Å². The van der Waals surface area contributed by atoms with Gasteiger partial charge < -0.3 is 10.6 Å². The highest BCUT2D eigenvalue weighted by molar-refractivity contribution is 7.99. The van der Waals surface area contributed by atoms with E-state index in [1.54, 1.807) is 0 Å². The van der Waals surface area contributed by atoms with Crippen LogP contribution in [0.2, 0.25) is 0 Å². The Balaban J connectivity index is 1.40. The van der Waals surface area contributed by atoms with Crippen LogP contribution in [0.3, 0.4) is 0 Å². The first kappa shape index (κ1) is 15.3. The molecule has 2 saturated carbocycles. The Morgan fingerprint density at radius 2 is 1.91 bits per heavy atom. The third-order valence-corrected chi connectivity index (χ3v) is 6.42. The van der Waals surface area contributed by atoms with E-state index in [1.165, 1.54) is 43.9 Å². The van der Waals surface area contributed by atoms with Crippen LogP contribution in [0.25, 0.3) is 0 Å². The summed E-state index contributed by atoms with van der Waals surface area (Å²) in [6, 6.07) is 0.928. The van der Waals surface area contributed by atoms with Gasteiger partial charge in [0, 0.05) is 18.6 Å². The summed E-state index contributed by atoms with van der Waals surface area (Å²) in [5.41, 5.74) is 5.90. The van der Waals surface area contributed by atoms with E-state index in [2.05, 4.69) is 15.1 Å². The average Bonchev–Trinajstić information content (AvgIpc) is 3.35. The Morgan fingerprint density at radius 1 is 1.13 bits per heavy atom. The Kier molecular flexibility index (Phi) is 4.22. The number of likely N-dealkylation sites (tertiary alicyclic amines) is 1. The molecule has 3 aliphatic rings. The summed E-state index contributed by atoms with van der Waals surface area (Å²) >= 11 is 1.50. The fourth-order valence-corrected chi connectivity index (χ4v) is 5.11. The van der Waals surface area contributed by atoms with Crippen LogP contribution in [-0.4, -0.2) is 43.9 Å². The number of rotatable bonds is 4.